The van der Waals surface area contributed by atoms with Crippen LogP contribution in [0.15, 0.2) is 35.2 Å². The fourth-order valence-corrected chi connectivity index (χ4v) is 2.71. The Morgan fingerprint density at radius 2 is 2.11 bits per heavy atom. The lowest BCUT2D eigenvalue weighted by molar-refractivity contribution is 0.504. The molecule has 0 fully saturated rings. The Kier molecular flexibility index (Phi) is 4.49. The lowest BCUT2D eigenvalue weighted by Crippen LogP contribution is -2.20. The summed E-state index contributed by atoms with van der Waals surface area (Å²) in [7, 11) is 3.95. The molecule has 0 saturated heterocycles. The van der Waals surface area contributed by atoms with Gasteiger partial charge in [0.2, 0.25) is 0 Å². The highest BCUT2D eigenvalue weighted by Gasteiger charge is 2.16. The highest BCUT2D eigenvalue weighted by atomic mass is 79.9. The maximum absolute atomic E-state index is 4.26. The molecule has 0 radical (unpaired) electrons. The third kappa shape index (κ3) is 2.97. The first kappa shape index (κ1) is 13.2. The summed E-state index contributed by atoms with van der Waals surface area (Å²) >= 11 is 3.55. The second-order valence-electron chi connectivity index (χ2n) is 4.24. The zero-order valence-electron chi connectivity index (χ0n) is 10.6. The van der Waals surface area contributed by atoms with Crippen LogP contribution >= 0.6 is 15.9 Å². The molecular formula is C13H17BrN4. The summed E-state index contributed by atoms with van der Waals surface area (Å²) in [4.78, 5) is 4.03. The van der Waals surface area contributed by atoms with Gasteiger partial charge in [0, 0.05) is 19.4 Å². The minimum Gasteiger partial charge on any atom is -0.312 e. The van der Waals surface area contributed by atoms with E-state index in [0.717, 1.165) is 17.3 Å². The molecule has 2 heterocycles. The third-order valence-electron chi connectivity index (χ3n) is 3.09. The van der Waals surface area contributed by atoms with Crippen LogP contribution in [0.3, 0.4) is 0 Å². The maximum Gasteiger partial charge on any atom is 0.0692 e. The fraction of sp³-hybridized carbons (Fsp3) is 0.385. The first-order valence-corrected chi connectivity index (χ1v) is 6.75. The number of nitrogens with zero attached hydrogens (tertiary/aromatic N) is 3. The molecule has 0 aliphatic heterocycles. The molecule has 1 unspecified atom stereocenters. The molecule has 0 amide bonds. The van der Waals surface area contributed by atoms with Gasteiger partial charge in [0.05, 0.1) is 22.4 Å². The van der Waals surface area contributed by atoms with Crippen LogP contribution in [0.1, 0.15) is 23.7 Å². The molecule has 1 atom stereocenters. The second-order valence-corrected chi connectivity index (χ2v) is 5.09. The molecule has 0 aliphatic rings. The van der Waals surface area contributed by atoms with Crippen molar-refractivity contribution in [1.82, 2.24) is 20.1 Å². The molecule has 0 saturated carbocycles. The summed E-state index contributed by atoms with van der Waals surface area (Å²) in [5, 5.41) is 7.61. The molecule has 0 aromatic carbocycles. The normalized spacial score (nSPS) is 12.6. The van der Waals surface area contributed by atoms with Gasteiger partial charge in [-0.2, -0.15) is 5.10 Å². The first-order valence-electron chi connectivity index (χ1n) is 5.96. The van der Waals surface area contributed by atoms with Gasteiger partial charge in [-0.1, -0.05) is 0 Å². The maximum atomic E-state index is 4.26. The smallest absolute Gasteiger partial charge is 0.0692 e. The standard InChI is InChI=1S/C13H17BrN4/c1-15-12(13-11(14)9-17-18(13)2)4-3-10-5-7-16-8-6-10/h5-9,12,15H,3-4H2,1-2H3. The van der Waals surface area contributed by atoms with Gasteiger partial charge in [-0.3, -0.25) is 9.67 Å². The van der Waals surface area contributed by atoms with Crippen LogP contribution < -0.4 is 5.32 Å². The second kappa shape index (κ2) is 6.11. The quantitative estimate of drug-likeness (QED) is 0.922. The van der Waals surface area contributed by atoms with Crippen LogP contribution in [-0.4, -0.2) is 21.8 Å². The lowest BCUT2D eigenvalue weighted by Gasteiger charge is -2.17. The van der Waals surface area contributed by atoms with Crippen molar-refractivity contribution in [3.8, 4) is 0 Å². The fourth-order valence-electron chi connectivity index (χ4n) is 2.09. The van der Waals surface area contributed by atoms with E-state index >= 15 is 0 Å². The number of halogens is 1. The van der Waals surface area contributed by atoms with Gasteiger partial charge >= 0.3 is 0 Å². The highest BCUT2D eigenvalue weighted by Crippen LogP contribution is 2.25. The molecule has 5 heteroatoms. The van der Waals surface area contributed by atoms with E-state index in [1.165, 1.54) is 11.3 Å². The molecule has 0 bridgehead atoms. The molecule has 2 rings (SSSR count). The van der Waals surface area contributed by atoms with Crippen LogP contribution in [-0.2, 0) is 13.5 Å². The van der Waals surface area contributed by atoms with Gasteiger partial charge in [0.25, 0.3) is 0 Å². The monoisotopic (exact) mass is 308 g/mol. The molecule has 4 nitrogen and oxygen atoms in total. The van der Waals surface area contributed by atoms with E-state index in [0.29, 0.717) is 6.04 Å². The number of nitrogens with one attached hydrogen (secondary N) is 1. The first-order chi connectivity index (χ1) is 8.72. The van der Waals surface area contributed by atoms with E-state index in [9.17, 15) is 0 Å². The molecule has 2 aromatic rings. The Bertz CT molecular complexity index is 475. The summed E-state index contributed by atoms with van der Waals surface area (Å²) in [5.74, 6) is 0. The van der Waals surface area contributed by atoms with Gasteiger partial charge < -0.3 is 5.32 Å². The van der Waals surface area contributed by atoms with Crippen LogP contribution in [0.25, 0.3) is 0 Å². The van der Waals surface area contributed by atoms with Gasteiger partial charge in [0.1, 0.15) is 0 Å². The number of hydrogen-bond donors (Lipinski definition) is 1. The Balaban J connectivity index is 2.07. The molecule has 1 N–H and O–H groups in total. The van der Waals surface area contributed by atoms with Gasteiger partial charge in [-0.15, -0.1) is 0 Å². The molecular weight excluding hydrogens is 292 g/mol. The van der Waals surface area contributed by atoms with Crippen molar-refractivity contribution in [3.05, 3.63) is 46.5 Å². The summed E-state index contributed by atoms with van der Waals surface area (Å²) in [6.07, 6.45) is 7.56. The SMILES string of the molecule is CNC(CCc1ccncc1)c1c(Br)cnn1C. The van der Waals surface area contributed by atoms with E-state index in [4.69, 9.17) is 0 Å². The van der Waals surface area contributed by atoms with Crippen LogP contribution in [0.5, 0.6) is 0 Å². The Labute approximate surface area is 116 Å². The summed E-state index contributed by atoms with van der Waals surface area (Å²) < 4.78 is 2.97. The Morgan fingerprint density at radius 3 is 2.67 bits per heavy atom. The number of hydrogen-bond acceptors (Lipinski definition) is 3. The van der Waals surface area contributed by atoms with Gasteiger partial charge in [-0.05, 0) is 53.5 Å². The van der Waals surface area contributed by atoms with E-state index in [-0.39, 0.29) is 0 Å². The summed E-state index contributed by atoms with van der Waals surface area (Å²) in [6, 6.07) is 4.41. The van der Waals surface area contributed by atoms with Crippen molar-refractivity contribution in [2.24, 2.45) is 7.05 Å². The number of pyridine rings is 1. The number of aryl methyl sites for hydroxylation is 2. The molecule has 18 heavy (non-hydrogen) atoms. The van der Waals surface area contributed by atoms with Crippen molar-refractivity contribution in [3.63, 3.8) is 0 Å². The molecule has 0 aliphatic carbocycles. The van der Waals surface area contributed by atoms with Gasteiger partial charge in [-0.25, -0.2) is 0 Å². The number of aromatic nitrogens is 3. The average Bonchev–Trinajstić information content (AvgIpc) is 2.73. The van der Waals surface area contributed by atoms with Crippen LogP contribution in [0, 0.1) is 0 Å². The average molecular weight is 309 g/mol. The predicted molar refractivity (Wildman–Crippen MR) is 75.3 cm³/mol. The van der Waals surface area contributed by atoms with Gasteiger partial charge in [0.15, 0.2) is 0 Å². The van der Waals surface area contributed by atoms with Crippen molar-refractivity contribution < 1.29 is 0 Å². The molecule has 2 aromatic heterocycles. The third-order valence-corrected chi connectivity index (χ3v) is 3.70. The van der Waals surface area contributed by atoms with E-state index in [1.54, 1.807) is 0 Å². The minimum atomic E-state index is 0.292. The van der Waals surface area contributed by atoms with Crippen LogP contribution in [0.2, 0.25) is 0 Å². The largest absolute Gasteiger partial charge is 0.312 e. The molecule has 0 spiro atoms. The van der Waals surface area contributed by atoms with Crippen molar-refractivity contribution in [2.75, 3.05) is 7.05 Å². The predicted octanol–water partition coefficient (Wildman–Crippen LogP) is 2.47. The van der Waals surface area contributed by atoms with Crippen molar-refractivity contribution in [1.29, 1.82) is 0 Å². The topological polar surface area (TPSA) is 42.7 Å². The lowest BCUT2D eigenvalue weighted by atomic mass is 10.0. The highest BCUT2D eigenvalue weighted by molar-refractivity contribution is 9.10. The molecule has 96 valence electrons. The van der Waals surface area contributed by atoms with E-state index in [1.807, 2.05) is 37.4 Å². The summed E-state index contributed by atoms with van der Waals surface area (Å²) in [6.45, 7) is 0. The Morgan fingerprint density at radius 1 is 1.39 bits per heavy atom. The Hall–Kier alpha value is -1.20. The zero-order valence-corrected chi connectivity index (χ0v) is 12.2. The number of rotatable bonds is 5. The van der Waals surface area contributed by atoms with E-state index in [2.05, 4.69) is 43.5 Å². The van der Waals surface area contributed by atoms with Crippen molar-refractivity contribution >= 4 is 15.9 Å². The van der Waals surface area contributed by atoms with E-state index < -0.39 is 0 Å². The summed E-state index contributed by atoms with van der Waals surface area (Å²) in [5.41, 5.74) is 2.50. The zero-order chi connectivity index (χ0) is 13.0. The van der Waals surface area contributed by atoms with Crippen LogP contribution in [0.4, 0.5) is 0 Å². The minimum absolute atomic E-state index is 0.292. The van der Waals surface area contributed by atoms with Crippen molar-refractivity contribution in [2.45, 2.75) is 18.9 Å².